The zero-order valence-electron chi connectivity index (χ0n) is 16.2. The van der Waals surface area contributed by atoms with Gasteiger partial charge in [0.05, 0.1) is 0 Å². The van der Waals surface area contributed by atoms with Crippen LogP contribution in [0.2, 0.25) is 0 Å². The number of nitrogens with one attached hydrogen (secondary N) is 1. The lowest BCUT2D eigenvalue weighted by Crippen LogP contribution is -2.73. The summed E-state index contributed by atoms with van der Waals surface area (Å²) < 4.78 is 0. The highest BCUT2D eigenvalue weighted by atomic mass is 16.2. The zero-order chi connectivity index (χ0) is 18.7. The molecule has 142 valence electrons. The Morgan fingerprint density at radius 3 is 2.38 bits per heavy atom. The van der Waals surface area contributed by atoms with E-state index in [4.69, 9.17) is 0 Å². The van der Waals surface area contributed by atoms with Crippen molar-refractivity contribution < 1.29 is 9.59 Å². The Morgan fingerprint density at radius 1 is 1.15 bits per heavy atom. The zero-order valence-corrected chi connectivity index (χ0v) is 16.2. The van der Waals surface area contributed by atoms with E-state index in [2.05, 4.69) is 43.1 Å². The molecule has 2 fully saturated rings. The van der Waals surface area contributed by atoms with Gasteiger partial charge in [-0.3, -0.25) is 9.59 Å². The molecule has 1 atom stereocenters. The average molecular weight is 357 g/mol. The highest BCUT2D eigenvalue weighted by Crippen LogP contribution is 2.35. The molecule has 1 aromatic rings. The summed E-state index contributed by atoms with van der Waals surface area (Å²) in [5, 5.41) is 3.05. The lowest BCUT2D eigenvalue weighted by Gasteiger charge is -2.52. The molecule has 5 nitrogen and oxygen atoms in total. The second-order valence-electron chi connectivity index (χ2n) is 8.00. The van der Waals surface area contributed by atoms with E-state index in [1.54, 1.807) is 0 Å². The van der Waals surface area contributed by atoms with Gasteiger partial charge in [0.25, 0.3) is 0 Å². The summed E-state index contributed by atoms with van der Waals surface area (Å²) in [5.74, 6) is 0.527. The van der Waals surface area contributed by atoms with Crippen molar-refractivity contribution in [2.75, 3.05) is 24.5 Å². The SMILES string of the molecule is CCCN1C(=O)C(CC(C)C)NC(=O)C12CCN(c1ccccc1)CC2. The molecule has 0 aromatic heterocycles. The molecular weight excluding hydrogens is 326 g/mol. The molecule has 1 unspecified atom stereocenters. The van der Waals surface area contributed by atoms with Crippen molar-refractivity contribution in [2.45, 2.75) is 58.0 Å². The molecule has 2 amide bonds. The molecule has 0 aliphatic carbocycles. The number of piperidine rings is 1. The van der Waals surface area contributed by atoms with Gasteiger partial charge in [-0.1, -0.05) is 39.0 Å². The first kappa shape index (κ1) is 18.7. The molecular formula is C21H31N3O2. The van der Waals surface area contributed by atoms with E-state index in [0.29, 0.717) is 31.7 Å². The van der Waals surface area contributed by atoms with Gasteiger partial charge in [0.2, 0.25) is 11.8 Å². The number of carbonyl (C=O) groups is 2. The summed E-state index contributed by atoms with van der Waals surface area (Å²) in [7, 11) is 0. The third-order valence-electron chi connectivity index (χ3n) is 5.68. The molecule has 5 heteroatoms. The van der Waals surface area contributed by atoms with Crippen LogP contribution in [0.15, 0.2) is 30.3 Å². The molecule has 0 radical (unpaired) electrons. The Hall–Kier alpha value is -2.04. The van der Waals surface area contributed by atoms with Gasteiger partial charge in [-0.25, -0.2) is 0 Å². The number of carbonyl (C=O) groups excluding carboxylic acids is 2. The quantitative estimate of drug-likeness (QED) is 0.882. The van der Waals surface area contributed by atoms with Crippen LogP contribution in [0.4, 0.5) is 5.69 Å². The molecule has 2 aliphatic heterocycles. The summed E-state index contributed by atoms with van der Waals surface area (Å²) in [5.41, 5.74) is 0.510. The van der Waals surface area contributed by atoms with Crippen molar-refractivity contribution in [3.8, 4) is 0 Å². The monoisotopic (exact) mass is 357 g/mol. The van der Waals surface area contributed by atoms with Gasteiger partial charge in [-0.15, -0.1) is 0 Å². The summed E-state index contributed by atoms with van der Waals surface area (Å²) in [4.78, 5) is 30.4. The topological polar surface area (TPSA) is 52.7 Å². The van der Waals surface area contributed by atoms with E-state index < -0.39 is 5.54 Å². The van der Waals surface area contributed by atoms with Crippen LogP contribution < -0.4 is 10.2 Å². The van der Waals surface area contributed by atoms with Crippen molar-refractivity contribution in [3.63, 3.8) is 0 Å². The first-order valence-electron chi connectivity index (χ1n) is 9.90. The Balaban J connectivity index is 1.79. The maximum atomic E-state index is 13.1. The minimum atomic E-state index is -0.675. The third-order valence-corrected chi connectivity index (χ3v) is 5.68. The fourth-order valence-electron chi connectivity index (χ4n) is 4.33. The Morgan fingerprint density at radius 2 is 1.81 bits per heavy atom. The lowest BCUT2D eigenvalue weighted by atomic mass is 9.80. The summed E-state index contributed by atoms with van der Waals surface area (Å²) in [6, 6.07) is 9.93. The van der Waals surface area contributed by atoms with Crippen LogP contribution >= 0.6 is 0 Å². The van der Waals surface area contributed by atoms with Gasteiger partial charge in [-0.2, -0.15) is 0 Å². The van der Waals surface area contributed by atoms with Crippen LogP contribution in [0.3, 0.4) is 0 Å². The molecule has 3 rings (SSSR count). The Labute approximate surface area is 156 Å². The summed E-state index contributed by atoms with van der Waals surface area (Å²) in [6.07, 6.45) is 2.95. The number of hydrogen-bond acceptors (Lipinski definition) is 3. The molecule has 2 saturated heterocycles. The fraction of sp³-hybridized carbons (Fsp3) is 0.619. The van der Waals surface area contributed by atoms with E-state index in [0.717, 1.165) is 19.5 Å². The minimum Gasteiger partial charge on any atom is -0.371 e. The highest BCUT2D eigenvalue weighted by molar-refractivity contribution is 6.00. The first-order valence-corrected chi connectivity index (χ1v) is 9.90. The standard InChI is InChI=1S/C21H31N3O2/c1-4-12-24-19(25)18(15-16(2)3)22-20(26)21(24)10-13-23(14-11-21)17-8-6-5-7-9-17/h5-9,16,18H,4,10-15H2,1-3H3,(H,22,26). The van der Waals surface area contributed by atoms with Crippen LogP contribution in [-0.2, 0) is 9.59 Å². The molecule has 1 N–H and O–H groups in total. The van der Waals surface area contributed by atoms with Gasteiger partial charge >= 0.3 is 0 Å². The first-order chi connectivity index (χ1) is 12.5. The minimum absolute atomic E-state index is 0.0453. The number of para-hydroxylation sites is 1. The number of rotatable bonds is 5. The second-order valence-corrected chi connectivity index (χ2v) is 8.00. The highest BCUT2D eigenvalue weighted by Gasteiger charge is 2.53. The smallest absolute Gasteiger partial charge is 0.246 e. The number of anilines is 1. The van der Waals surface area contributed by atoms with Crippen molar-refractivity contribution in [1.29, 1.82) is 0 Å². The van der Waals surface area contributed by atoms with Crippen LogP contribution in [0.5, 0.6) is 0 Å². The predicted octanol–water partition coefficient (Wildman–Crippen LogP) is 2.81. The van der Waals surface area contributed by atoms with Gasteiger partial charge in [0.1, 0.15) is 11.6 Å². The van der Waals surface area contributed by atoms with Crippen molar-refractivity contribution in [2.24, 2.45) is 5.92 Å². The Kier molecular flexibility index (Phi) is 5.54. The second kappa shape index (κ2) is 7.68. The van der Waals surface area contributed by atoms with E-state index in [1.165, 1.54) is 5.69 Å². The van der Waals surface area contributed by atoms with Gasteiger partial charge in [0.15, 0.2) is 0 Å². The maximum absolute atomic E-state index is 13.1. The Bertz CT molecular complexity index is 636. The molecule has 26 heavy (non-hydrogen) atoms. The summed E-state index contributed by atoms with van der Waals surface area (Å²) >= 11 is 0. The maximum Gasteiger partial charge on any atom is 0.246 e. The van der Waals surface area contributed by atoms with Crippen LogP contribution in [-0.4, -0.2) is 47.9 Å². The number of hydrogen-bond donors (Lipinski definition) is 1. The normalized spacial score (nSPS) is 22.8. The molecule has 0 saturated carbocycles. The molecule has 0 bridgehead atoms. The molecule has 2 aliphatic rings. The average Bonchev–Trinajstić information content (AvgIpc) is 2.64. The fourth-order valence-corrected chi connectivity index (χ4v) is 4.33. The largest absolute Gasteiger partial charge is 0.371 e. The van der Waals surface area contributed by atoms with Crippen LogP contribution in [0.1, 0.15) is 46.5 Å². The van der Waals surface area contributed by atoms with E-state index in [1.807, 2.05) is 23.1 Å². The number of piperazine rings is 1. The molecule has 1 spiro atoms. The molecule has 2 heterocycles. The van der Waals surface area contributed by atoms with E-state index in [-0.39, 0.29) is 17.9 Å². The van der Waals surface area contributed by atoms with Gasteiger partial charge < -0.3 is 15.1 Å². The van der Waals surface area contributed by atoms with Gasteiger partial charge in [0, 0.05) is 25.3 Å². The number of benzene rings is 1. The summed E-state index contributed by atoms with van der Waals surface area (Å²) in [6.45, 7) is 8.49. The number of nitrogens with zero attached hydrogens (tertiary/aromatic N) is 2. The van der Waals surface area contributed by atoms with E-state index >= 15 is 0 Å². The van der Waals surface area contributed by atoms with Crippen molar-refractivity contribution >= 4 is 17.5 Å². The number of amides is 2. The van der Waals surface area contributed by atoms with Crippen molar-refractivity contribution in [3.05, 3.63) is 30.3 Å². The van der Waals surface area contributed by atoms with Gasteiger partial charge in [-0.05, 0) is 43.7 Å². The van der Waals surface area contributed by atoms with Crippen LogP contribution in [0, 0.1) is 5.92 Å². The predicted molar refractivity (Wildman–Crippen MR) is 104 cm³/mol. The van der Waals surface area contributed by atoms with Crippen molar-refractivity contribution in [1.82, 2.24) is 10.2 Å². The lowest BCUT2D eigenvalue weighted by molar-refractivity contribution is -0.159. The third kappa shape index (κ3) is 3.44. The van der Waals surface area contributed by atoms with Crippen LogP contribution in [0.25, 0.3) is 0 Å². The van der Waals surface area contributed by atoms with E-state index in [9.17, 15) is 9.59 Å². The molecule has 1 aromatic carbocycles.